The van der Waals surface area contributed by atoms with Gasteiger partial charge in [-0.3, -0.25) is 18.6 Å². The van der Waals surface area contributed by atoms with Crippen LogP contribution in [0.25, 0.3) is 0 Å². The van der Waals surface area contributed by atoms with Crippen LogP contribution in [0.2, 0.25) is 0 Å². The number of nitrogens with two attached hydrogens (primary N) is 1. The van der Waals surface area contributed by atoms with E-state index >= 15 is 0 Å². The number of unbranched alkanes of at least 4 members (excludes halogenated alkanes) is 26. The predicted molar refractivity (Wildman–Crippen MR) is 229 cm³/mol. The van der Waals surface area contributed by atoms with Gasteiger partial charge >= 0.3 is 19.8 Å². The summed E-state index contributed by atoms with van der Waals surface area (Å²) in [4.78, 5) is 34.9. The summed E-state index contributed by atoms with van der Waals surface area (Å²) in [5.41, 5.74) is 5.35. The first-order valence-corrected chi connectivity index (χ1v) is 24.3. The van der Waals surface area contributed by atoms with Gasteiger partial charge in [0.15, 0.2) is 6.10 Å². The highest BCUT2D eigenvalue weighted by Gasteiger charge is 2.26. The van der Waals surface area contributed by atoms with Gasteiger partial charge in [0, 0.05) is 19.4 Å². The Labute approximate surface area is 338 Å². The molecule has 9 nitrogen and oxygen atoms in total. The highest BCUT2D eigenvalue weighted by molar-refractivity contribution is 7.47. The average Bonchev–Trinajstić information content (AvgIpc) is 3.17. The number of ether oxygens (including phenoxy) is 2. The van der Waals surface area contributed by atoms with Gasteiger partial charge in [-0.1, -0.05) is 167 Å². The number of phosphoric acid groups is 1. The summed E-state index contributed by atoms with van der Waals surface area (Å²) in [7, 11) is -4.38. The summed E-state index contributed by atoms with van der Waals surface area (Å²) >= 11 is 0. The zero-order valence-corrected chi connectivity index (χ0v) is 36.6. The van der Waals surface area contributed by atoms with Crippen LogP contribution >= 0.6 is 7.82 Å². The molecule has 0 heterocycles. The van der Waals surface area contributed by atoms with Gasteiger partial charge in [-0.2, -0.15) is 0 Å². The van der Waals surface area contributed by atoms with Crippen molar-refractivity contribution >= 4 is 19.8 Å². The Kier molecular flexibility index (Phi) is 40.9. The SMILES string of the molecule is CCCCCC/C=C\CCCCCCCCCC(=O)OC[C@H](COP(=O)(O)OCCN)OC(=O)CCCCCCCCCCC/C=C\CCCCCCCC. The molecule has 0 aliphatic heterocycles. The number of esters is 2. The molecule has 0 radical (unpaired) electrons. The predicted octanol–water partition coefficient (Wildman–Crippen LogP) is 13.2. The van der Waals surface area contributed by atoms with E-state index < -0.39 is 26.5 Å². The van der Waals surface area contributed by atoms with E-state index in [1.165, 1.54) is 135 Å². The van der Waals surface area contributed by atoms with Crippen LogP contribution in [-0.2, 0) is 32.7 Å². The Morgan fingerprint density at radius 2 is 0.891 bits per heavy atom. The molecule has 0 aromatic rings. The number of rotatable bonds is 43. The first kappa shape index (κ1) is 53.5. The lowest BCUT2D eigenvalue weighted by atomic mass is 10.1. The molecule has 10 heteroatoms. The van der Waals surface area contributed by atoms with Gasteiger partial charge in [0.25, 0.3) is 0 Å². The lowest BCUT2D eigenvalue weighted by Gasteiger charge is -2.19. The van der Waals surface area contributed by atoms with Crippen molar-refractivity contribution in [2.45, 2.75) is 225 Å². The van der Waals surface area contributed by atoms with Crippen LogP contribution in [0.3, 0.4) is 0 Å². The fraction of sp³-hybridized carbons (Fsp3) is 0.867. The van der Waals surface area contributed by atoms with Crippen LogP contribution in [0, 0.1) is 0 Å². The van der Waals surface area contributed by atoms with Crippen LogP contribution in [0.15, 0.2) is 24.3 Å². The van der Waals surface area contributed by atoms with Gasteiger partial charge in [0.1, 0.15) is 6.61 Å². The fourth-order valence-electron chi connectivity index (χ4n) is 6.39. The maximum atomic E-state index is 12.6. The maximum Gasteiger partial charge on any atom is 0.472 e. The third kappa shape index (κ3) is 41.9. The summed E-state index contributed by atoms with van der Waals surface area (Å²) < 4.78 is 32.8. The molecule has 0 aliphatic rings. The van der Waals surface area contributed by atoms with E-state index in [0.29, 0.717) is 6.42 Å². The van der Waals surface area contributed by atoms with Crippen LogP contribution in [0.4, 0.5) is 0 Å². The quantitative estimate of drug-likeness (QED) is 0.0267. The van der Waals surface area contributed by atoms with Crippen molar-refractivity contribution in [1.29, 1.82) is 0 Å². The highest BCUT2D eigenvalue weighted by atomic mass is 31.2. The molecule has 0 aromatic heterocycles. The van der Waals surface area contributed by atoms with Crippen molar-refractivity contribution in [2.24, 2.45) is 5.73 Å². The number of carbonyl (C=O) groups is 2. The maximum absolute atomic E-state index is 12.6. The second kappa shape index (κ2) is 42.1. The van der Waals surface area contributed by atoms with E-state index in [1.54, 1.807) is 0 Å². The van der Waals surface area contributed by atoms with Crippen LogP contribution in [-0.4, -0.2) is 49.3 Å². The van der Waals surface area contributed by atoms with Gasteiger partial charge < -0.3 is 20.1 Å². The van der Waals surface area contributed by atoms with E-state index in [1.807, 2.05) is 0 Å². The minimum absolute atomic E-state index is 0.0537. The molecule has 55 heavy (non-hydrogen) atoms. The molecule has 2 atom stereocenters. The Morgan fingerprint density at radius 3 is 1.31 bits per heavy atom. The molecule has 0 bridgehead atoms. The van der Waals surface area contributed by atoms with Gasteiger partial charge in [-0.15, -0.1) is 0 Å². The summed E-state index contributed by atoms with van der Waals surface area (Å²) in [5, 5.41) is 0. The van der Waals surface area contributed by atoms with Crippen molar-refractivity contribution in [2.75, 3.05) is 26.4 Å². The van der Waals surface area contributed by atoms with Crippen molar-refractivity contribution in [1.82, 2.24) is 0 Å². The summed E-state index contributed by atoms with van der Waals surface area (Å²) in [6.07, 6.45) is 44.9. The second-order valence-corrected chi connectivity index (χ2v) is 16.7. The third-order valence-electron chi connectivity index (χ3n) is 9.81. The number of hydrogen-bond donors (Lipinski definition) is 2. The van der Waals surface area contributed by atoms with Crippen LogP contribution in [0.1, 0.15) is 219 Å². The number of phosphoric ester groups is 1. The van der Waals surface area contributed by atoms with Crippen molar-refractivity contribution in [3.8, 4) is 0 Å². The number of allylic oxidation sites excluding steroid dienone is 4. The first-order valence-electron chi connectivity index (χ1n) is 22.8. The minimum Gasteiger partial charge on any atom is -0.462 e. The lowest BCUT2D eigenvalue weighted by molar-refractivity contribution is -0.161. The van der Waals surface area contributed by atoms with E-state index in [2.05, 4.69) is 38.2 Å². The van der Waals surface area contributed by atoms with Gasteiger partial charge in [0.2, 0.25) is 0 Å². The molecular formula is C45H86NO8P. The molecular weight excluding hydrogens is 713 g/mol. The van der Waals surface area contributed by atoms with E-state index in [-0.39, 0.29) is 38.6 Å². The Bertz CT molecular complexity index is 959. The molecule has 0 aromatic carbocycles. The first-order chi connectivity index (χ1) is 26.8. The van der Waals surface area contributed by atoms with Gasteiger partial charge in [-0.05, 0) is 64.2 Å². The molecule has 1 unspecified atom stereocenters. The molecule has 0 fully saturated rings. The molecule has 0 saturated carbocycles. The van der Waals surface area contributed by atoms with Crippen molar-refractivity contribution in [3.63, 3.8) is 0 Å². The van der Waals surface area contributed by atoms with E-state index in [0.717, 1.165) is 51.4 Å². The molecule has 0 amide bonds. The molecule has 0 rings (SSSR count). The topological polar surface area (TPSA) is 134 Å². The minimum atomic E-state index is -4.38. The molecule has 0 aliphatic carbocycles. The van der Waals surface area contributed by atoms with Crippen molar-refractivity contribution in [3.05, 3.63) is 24.3 Å². The van der Waals surface area contributed by atoms with Gasteiger partial charge in [-0.25, -0.2) is 4.57 Å². The molecule has 324 valence electrons. The monoisotopic (exact) mass is 800 g/mol. The normalized spacial score (nSPS) is 13.5. The summed E-state index contributed by atoms with van der Waals surface area (Å²) in [6.45, 7) is 3.73. The van der Waals surface area contributed by atoms with Gasteiger partial charge in [0.05, 0.1) is 13.2 Å². The Morgan fingerprint density at radius 1 is 0.527 bits per heavy atom. The van der Waals surface area contributed by atoms with Crippen molar-refractivity contribution < 1.29 is 37.6 Å². The average molecular weight is 800 g/mol. The molecule has 0 spiro atoms. The standard InChI is InChI=1S/C45H86NO8P/c1-3-5-7-9-11-13-15-17-19-20-21-22-24-26-28-30-32-34-36-38-45(48)54-43(42-53-55(49,50)52-40-39-46)41-51-44(47)37-35-33-31-29-27-25-23-18-16-14-12-10-8-6-4-2/h14,16-17,19,43H,3-13,15,18,20-42,46H2,1-2H3,(H,49,50)/b16-14-,19-17-/t43-/m1/s1. The Hall–Kier alpha value is -1.51. The number of hydrogen-bond acceptors (Lipinski definition) is 8. The Balaban J connectivity index is 4.10. The summed E-state index contributed by atoms with van der Waals surface area (Å²) in [5.74, 6) is -0.829. The fourth-order valence-corrected chi connectivity index (χ4v) is 7.15. The largest absolute Gasteiger partial charge is 0.472 e. The second-order valence-electron chi connectivity index (χ2n) is 15.3. The van der Waals surface area contributed by atoms with Crippen LogP contribution in [0.5, 0.6) is 0 Å². The number of carbonyl (C=O) groups excluding carboxylic acids is 2. The van der Waals surface area contributed by atoms with E-state index in [4.69, 9.17) is 24.3 Å². The smallest absolute Gasteiger partial charge is 0.462 e. The zero-order valence-electron chi connectivity index (χ0n) is 35.7. The lowest BCUT2D eigenvalue weighted by Crippen LogP contribution is -2.29. The third-order valence-corrected chi connectivity index (χ3v) is 10.8. The summed E-state index contributed by atoms with van der Waals surface area (Å²) in [6, 6.07) is 0. The highest BCUT2D eigenvalue weighted by Crippen LogP contribution is 2.43. The molecule has 3 N–H and O–H groups in total. The zero-order chi connectivity index (χ0) is 40.3. The van der Waals surface area contributed by atoms with E-state index in [9.17, 15) is 19.0 Å². The molecule has 0 saturated heterocycles. The van der Waals surface area contributed by atoms with Crippen LogP contribution < -0.4 is 5.73 Å².